The second-order valence-corrected chi connectivity index (χ2v) is 7.48. The Morgan fingerprint density at radius 1 is 0.679 bits per heavy atom. The van der Waals surface area contributed by atoms with Crippen molar-refractivity contribution in [2.24, 2.45) is 0 Å². The Balaban J connectivity index is 1.59. The Hall–Kier alpha value is -2.24. The molecule has 0 bridgehead atoms. The number of methoxy groups -OCH3 is 3. The van der Waals surface area contributed by atoms with E-state index >= 15 is 0 Å². The molecule has 1 heterocycles. The molecule has 1 aliphatic heterocycles. The first-order chi connectivity index (χ1) is 13.5. The molecule has 2 aromatic rings. The quantitative estimate of drug-likeness (QED) is 0.728. The summed E-state index contributed by atoms with van der Waals surface area (Å²) in [6.07, 6.45) is 0. The third-order valence-electron chi connectivity index (χ3n) is 5.59. The highest BCUT2D eigenvalue weighted by Crippen LogP contribution is 2.26. The summed E-state index contributed by atoms with van der Waals surface area (Å²) in [5.74, 6) is 2.77. The van der Waals surface area contributed by atoms with Crippen molar-refractivity contribution >= 4 is 0 Å². The van der Waals surface area contributed by atoms with Crippen LogP contribution in [0.1, 0.15) is 22.3 Å². The van der Waals surface area contributed by atoms with Crippen LogP contribution in [0.25, 0.3) is 0 Å². The van der Waals surface area contributed by atoms with Crippen molar-refractivity contribution < 1.29 is 14.2 Å². The first-order valence-corrected chi connectivity index (χ1v) is 9.83. The molecule has 0 saturated carbocycles. The van der Waals surface area contributed by atoms with Gasteiger partial charge in [0.2, 0.25) is 0 Å². The number of nitrogens with zero attached hydrogens (tertiary/aromatic N) is 2. The first kappa shape index (κ1) is 20.5. The predicted molar refractivity (Wildman–Crippen MR) is 113 cm³/mol. The van der Waals surface area contributed by atoms with Crippen LogP contribution in [-0.4, -0.2) is 57.3 Å². The lowest BCUT2D eigenvalue weighted by molar-refractivity contribution is 0.121. The third-order valence-corrected chi connectivity index (χ3v) is 5.59. The van der Waals surface area contributed by atoms with Gasteiger partial charge in [-0.25, -0.2) is 0 Å². The molecular weight excluding hydrogens is 352 g/mol. The van der Waals surface area contributed by atoms with Gasteiger partial charge in [-0.1, -0.05) is 6.07 Å². The van der Waals surface area contributed by atoms with Crippen LogP contribution in [0.5, 0.6) is 17.2 Å². The molecular formula is C23H32N2O3. The van der Waals surface area contributed by atoms with Crippen molar-refractivity contribution in [3.05, 3.63) is 52.6 Å². The molecule has 0 aromatic heterocycles. The van der Waals surface area contributed by atoms with Crippen molar-refractivity contribution in [2.45, 2.75) is 26.9 Å². The van der Waals surface area contributed by atoms with E-state index in [0.717, 1.165) is 56.5 Å². The minimum absolute atomic E-state index is 0.875. The van der Waals surface area contributed by atoms with Crippen LogP contribution in [-0.2, 0) is 13.1 Å². The molecule has 5 heteroatoms. The van der Waals surface area contributed by atoms with Gasteiger partial charge < -0.3 is 14.2 Å². The molecule has 0 unspecified atom stereocenters. The van der Waals surface area contributed by atoms with Gasteiger partial charge in [0.25, 0.3) is 0 Å². The first-order valence-electron chi connectivity index (χ1n) is 9.83. The summed E-state index contributed by atoms with van der Waals surface area (Å²) in [6.45, 7) is 10.4. The summed E-state index contributed by atoms with van der Waals surface area (Å²) in [5, 5.41) is 0. The van der Waals surface area contributed by atoms with Crippen molar-refractivity contribution in [1.29, 1.82) is 0 Å². The molecule has 1 fully saturated rings. The SMILES string of the molecule is COc1ccc(OC)c(CN2CCN(Cc3cc(C)c(OC)cc3C)CC2)c1. The molecule has 0 N–H and O–H groups in total. The summed E-state index contributed by atoms with van der Waals surface area (Å²) in [5.41, 5.74) is 5.07. The second kappa shape index (κ2) is 9.30. The summed E-state index contributed by atoms with van der Waals surface area (Å²) in [4.78, 5) is 5.02. The summed E-state index contributed by atoms with van der Waals surface area (Å²) < 4.78 is 16.3. The van der Waals surface area contributed by atoms with E-state index in [4.69, 9.17) is 14.2 Å². The van der Waals surface area contributed by atoms with Gasteiger partial charge in [-0.3, -0.25) is 9.80 Å². The number of ether oxygens (including phenoxy) is 3. The number of piperazine rings is 1. The standard InChI is InChI=1S/C23H32N2O3/c1-17-13-23(28-5)18(2)12-19(17)15-24-8-10-25(11-9-24)16-20-14-21(26-3)6-7-22(20)27-4/h6-7,12-14H,8-11,15-16H2,1-5H3. The van der Waals surface area contributed by atoms with E-state index in [1.165, 1.54) is 22.3 Å². The maximum atomic E-state index is 5.53. The van der Waals surface area contributed by atoms with Crippen LogP contribution in [0.2, 0.25) is 0 Å². The molecule has 0 amide bonds. The Morgan fingerprint density at radius 2 is 1.29 bits per heavy atom. The topological polar surface area (TPSA) is 34.2 Å². The Bertz CT molecular complexity index is 799. The number of aryl methyl sites for hydroxylation is 2. The van der Waals surface area contributed by atoms with Gasteiger partial charge in [0.05, 0.1) is 21.3 Å². The molecule has 28 heavy (non-hydrogen) atoms. The molecule has 152 valence electrons. The van der Waals surface area contributed by atoms with Gasteiger partial charge >= 0.3 is 0 Å². The fourth-order valence-corrected chi connectivity index (χ4v) is 3.83. The highest BCUT2D eigenvalue weighted by Gasteiger charge is 2.19. The van der Waals surface area contributed by atoms with Crippen molar-refractivity contribution in [3.8, 4) is 17.2 Å². The zero-order chi connectivity index (χ0) is 20.1. The van der Waals surface area contributed by atoms with Crippen molar-refractivity contribution in [1.82, 2.24) is 9.80 Å². The van der Waals surface area contributed by atoms with E-state index in [-0.39, 0.29) is 0 Å². The zero-order valence-electron chi connectivity index (χ0n) is 17.7. The predicted octanol–water partition coefficient (Wildman–Crippen LogP) is 3.65. The molecule has 5 nitrogen and oxygen atoms in total. The molecule has 2 aromatic carbocycles. The van der Waals surface area contributed by atoms with Crippen LogP contribution in [0.15, 0.2) is 30.3 Å². The van der Waals surface area contributed by atoms with Gasteiger partial charge in [0.15, 0.2) is 0 Å². The van der Waals surface area contributed by atoms with Crippen LogP contribution in [0.4, 0.5) is 0 Å². The molecule has 1 saturated heterocycles. The molecule has 1 aliphatic rings. The number of hydrogen-bond acceptors (Lipinski definition) is 5. The highest BCUT2D eigenvalue weighted by atomic mass is 16.5. The molecule has 0 radical (unpaired) electrons. The van der Waals surface area contributed by atoms with E-state index in [9.17, 15) is 0 Å². The molecule has 3 rings (SSSR count). The van der Waals surface area contributed by atoms with E-state index in [1.54, 1.807) is 21.3 Å². The van der Waals surface area contributed by atoms with Crippen LogP contribution >= 0.6 is 0 Å². The zero-order valence-corrected chi connectivity index (χ0v) is 17.7. The molecule has 0 atom stereocenters. The lowest BCUT2D eigenvalue weighted by Gasteiger charge is -2.35. The van der Waals surface area contributed by atoms with Crippen LogP contribution in [0, 0.1) is 13.8 Å². The lowest BCUT2D eigenvalue weighted by atomic mass is 10.0. The fraction of sp³-hybridized carbons (Fsp3) is 0.478. The van der Waals surface area contributed by atoms with Crippen LogP contribution < -0.4 is 14.2 Å². The van der Waals surface area contributed by atoms with E-state index in [0.29, 0.717) is 0 Å². The van der Waals surface area contributed by atoms with E-state index in [2.05, 4.69) is 41.8 Å². The van der Waals surface area contributed by atoms with Gasteiger partial charge in [-0.05, 0) is 54.8 Å². The minimum Gasteiger partial charge on any atom is -0.497 e. The van der Waals surface area contributed by atoms with E-state index in [1.807, 2.05) is 12.1 Å². The summed E-state index contributed by atoms with van der Waals surface area (Å²) in [6, 6.07) is 10.4. The Kier molecular flexibility index (Phi) is 6.81. The maximum absolute atomic E-state index is 5.53. The minimum atomic E-state index is 0.875. The number of rotatable bonds is 7. The average molecular weight is 385 g/mol. The Morgan fingerprint density at radius 3 is 1.86 bits per heavy atom. The second-order valence-electron chi connectivity index (χ2n) is 7.48. The molecule has 0 spiro atoms. The molecule has 0 aliphatic carbocycles. The number of hydrogen-bond donors (Lipinski definition) is 0. The lowest BCUT2D eigenvalue weighted by Crippen LogP contribution is -2.45. The Labute approximate surface area is 168 Å². The largest absolute Gasteiger partial charge is 0.497 e. The fourth-order valence-electron chi connectivity index (χ4n) is 3.83. The highest BCUT2D eigenvalue weighted by molar-refractivity contribution is 5.42. The smallest absolute Gasteiger partial charge is 0.123 e. The monoisotopic (exact) mass is 384 g/mol. The third kappa shape index (κ3) is 4.78. The van der Waals surface area contributed by atoms with Gasteiger partial charge in [0, 0.05) is 44.8 Å². The summed E-state index contributed by atoms with van der Waals surface area (Å²) >= 11 is 0. The van der Waals surface area contributed by atoms with Gasteiger partial charge in [0.1, 0.15) is 17.2 Å². The number of benzene rings is 2. The van der Waals surface area contributed by atoms with Crippen molar-refractivity contribution in [2.75, 3.05) is 47.5 Å². The van der Waals surface area contributed by atoms with Gasteiger partial charge in [-0.15, -0.1) is 0 Å². The summed E-state index contributed by atoms with van der Waals surface area (Å²) in [7, 11) is 5.16. The van der Waals surface area contributed by atoms with Crippen LogP contribution in [0.3, 0.4) is 0 Å². The van der Waals surface area contributed by atoms with E-state index < -0.39 is 0 Å². The normalized spacial score (nSPS) is 15.5. The van der Waals surface area contributed by atoms with Gasteiger partial charge in [-0.2, -0.15) is 0 Å². The average Bonchev–Trinajstić information content (AvgIpc) is 2.71. The van der Waals surface area contributed by atoms with Crippen molar-refractivity contribution in [3.63, 3.8) is 0 Å². The maximum Gasteiger partial charge on any atom is 0.123 e.